The van der Waals surface area contributed by atoms with Gasteiger partial charge in [0.15, 0.2) is 0 Å². The number of benzene rings is 3. The minimum atomic E-state index is -1.91. The zero-order chi connectivity index (χ0) is 16.7. The first-order valence-electron chi connectivity index (χ1n) is 7.93. The van der Waals surface area contributed by atoms with E-state index in [1.165, 1.54) is 15.9 Å². The largest absolute Gasteiger partial charge is 0.240 e. The van der Waals surface area contributed by atoms with Crippen LogP contribution in [0.5, 0.6) is 0 Å². The van der Waals surface area contributed by atoms with Crippen molar-refractivity contribution >= 4 is 28.6 Å². The van der Waals surface area contributed by atoms with Gasteiger partial charge in [-0.05, 0) is 28.6 Å². The molecule has 0 heterocycles. The zero-order valence-corrected chi connectivity index (χ0v) is 14.6. The standard InChI is InChI=1S/C21H21O2P/c1-22-23-17-18-24(19-11-5-2-6-12-19,20-13-7-3-8-14-20)21-15-9-4-10-16-21/h2-16,18H,17H2,1H3. The van der Waals surface area contributed by atoms with Crippen LogP contribution in [0.15, 0.2) is 91.0 Å². The van der Waals surface area contributed by atoms with Crippen LogP contribution in [0, 0.1) is 0 Å². The molecule has 24 heavy (non-hydrogen) atoms. The Labute approximate surface area is 143 Å². The SMILES string of the molecule is COOCC=P(c1ccccc1)(c1ccccc1)c1ccccc1. The summed E-state index contributed by atoms with van der Waals surface area (Å²) in [4.78, 5) is 10.1. The maximum Gasteiger partial charge on any atom is 0.102 e. The van der Waals surface area contributed by atoms with Crippen LogP contribution in [0.25, 0.3) is 0 Å². The van der Waals surface area contributed by atoms with Gasteiger partial charge in [-0.25, -0.2) is 9.78 Å². The lowest BCUT2D eigenvalue weighted by atomic mass is 10.4. The van der Waals surface area contributed by atoms with Crippen LogP contribution < -0.4 is 15.9 Å². The Morgan fingerprint density at radius 2 is 1.04 bits per heavy atom. The van der Waals surface area contributed by atoms with Gasteiger partial charge in [0.2, 0.25) is 0 Å². The highest BCUT2D eigenvalue weighted by molar-refractivity contribution is 7.94. The molecule has 3 aromatic rings. The highest BCUT2D eigenvalue weighted by atomic mass is 31.2. The summed E-state index contributed by atoms with van der Waals surface area (Å²) in [5.74, 6) is 2.27. The van der Waals surface area contributed by atoms with Crippen molar-refractivity contribution in [1.29, 1.82) is 0 Å². The lowest BCUT2D eigenvalue weighted by Gasteiger charge is -2.28. The third-order valence-electron chi connectivity index (χ3n) is 4.02. The molecule has 0 fully saturated rings. The second kappa shape index (κ2) is 8.12. The molecule has 0 bridgehead atoms. The molecule has 0 spiro atoms. The van der Waals surface area contributed by atoms with Gasteiger partial charge in [-0.3, -0.25) is 0 Å². The molecule has 0 saturated carbocycles. The van der Waals surface area contributed by atoms with E-state index >= 15 is 0 Å². The van der Waals surface area contributed by atoms with Crippen molar-refractivity contribution in [2.75, 3.05) is 13.7 Å². The number of hydrogen-bond acceptors (Lipinski definition) is 2. The molecule has 3 rings (SSSR count). The van der Waals surface area contributed by atoms with Gasteiger partial charge >= 0.3 is 0 Å². The van der Waals surface area contributed by atoms with Gasteiger partial charge in [0, 0.05) is 0 Å². The Morgan fingerprint density at radius 1 is 0.667 bits per heavy atom. The molecule has 3 aromatic carbocycles. The van der Waals surface area contributed by atoms with E-state index in [1.807, 2.05) is 0 Å². The van der Waals surface area contributed by atoms with Crippen molar-refractivity contribution in [2.24, 2.45) is 0 Å². The smallest absolute Gasteiger partial charge is 0.102 e. The molecule has 0 N–H and O–H groups in total. The molecular weight excluding hydrogens is 315 g/mol. The number of hydrogen-bond donors (Lipinski definition) is 0. The van der Waals surface area contributed by atoms with Gasteiger partial charge in [0.1, 0.15) is 6.61 Å². The van der Waals surface area contributed by atoms with Gasteiger partial charge < -0.3 is 0 Å². The summed E-state index contributed by atoms with van der Waals surface area (Å²) in [5.41, 5.74) is 0. The van der Waals surface area contributed by atoms with Crippen molar-refractivity contribution in [1.82, 2.24) is 0 Å². The fourth-order valence-corrected chi connectivity index (χ4v) is 6.70. The third-order valence-corrected chi connectivity index (χ3v) is 8.06. The average Bonchev–Trinajstić information content (AvgIpc) is 2.68. The fraction of sp³-hybridized carbons (Fsp3) is 0.0952. The summed E-state index contributed by atoms with van der Waals surface area (Å²) in [7, 11) is 1.54. The normalized spacial score (nSPS) is 11.2. The summed E-state index contributed by atoms with van der Waals surface area (Å²) in [6.45, 7) is -1.48. The Hall–Kier alpha value is -2.12. The summed E-state index contributed by atoms with van der Waals surface area (Å²) < 4.78 is 0. The van der Waals surface area contributed by atoms with E-state index < -0.39 is 6.89 Å². The first kappa shape index (κ1) is 16.7. The lowest BCUT2D eigenvalue weighted by molar-refractivity contribution is -0.258. The molecule has 0 amide bonds. The first-order valence-corrected chi connectivity index (χ1v) is 9.79. The summed E-state index contributed by atoms with van der Waals surface area (Å²) >= 11 is 0. The van der Waals surface area contributed by atoms with Crippen molar-refractivity contribution in [3.05, 3.63) is 91.0 Å². The molecule has 0 unspecified atom stereocenters. The van der Waals surface area contributed by atoms with Crippen LogP contribution in [0.4, 0.5) is 0 Å². The summed E-state index contributed by atoms with van der Waals surface area (Å²) in [6.07, 6.45) is 0. The second-order valence-electron chi connectivity index (χ2n) is 5.36. The van der Waals surface area contributed by atoms with Gasteiger partial charge in [0.05, 0.1) is 7.11 Å². The van der Waals surface area contributed by atoms with Crippen molar-refractivity contribution in [3.8, 4) is 0 Å². The molecule has 0 saturated heterocycles. The third kappa shape index (κ3) is 3.37. The molecule has 3 heteroatoms. The van der Waals surface area contributed by atoms with E-state index in [2.05, 4.69) is 96.8 Å². The minimum absolute atomic E-state index is 0.433. The molecular formula is C21H21O2P. The second-order valence-corrected chi connectivity index (χ2v) is 8.72. The van der Waals surface area contributed by atoms with Crippen LogP contribution >= 0.6 is 6.89 Å². The van der Waals surface area contributed by atoms with E-state index in [-0.39, 0.29) is 0 Å². The summed E-state index contributed by atoms with van der Waals surface area (Å²) in [5, 5.41) is 3.92. The van der Waals surface area contributed by atoms with E-state index in [9.17, 15) is 0 Å². The topological polar surface area (TPSA) is 18.5 Å². The molecule has 0 aromatic heterocycles. The Bertz CT molecular complexity index is 696. The van der Waals surface area contributed by atoms with E-state index in [4.69, 9.17) is 9.78 Å². The molecule has 122 valence electrons. The minimum Gasteiger partial charge on any atom is -0.240 e. The Balaban J connectivity index is 2.31. The fourth-order valence-electron chi connectivity index (χ4n) is 2.96. The average molecular weight is 336 g/mol. The van der Waals surface area contributed by atoms with Crippen molar-refractivity contribution in [3.63, 3.8) is 0 Å². The van der Waals surface area contributed by atoms with E-state index in [0.29, 0.717) is 6.61 Å². The lowest BCUT2D eigenvalue weighted by Crippen LogP contribution is -2.27. The van der Waals surface area contributed by atoms with Gasteiger partial charge in [-0.15, -0.1) is 0 Å². The quantitative estimate of drug-likeness (QED) is 0.297. The highest BCUT2D eigenvalue weighted by Gasteiger charge is 2.24. The van der Waals surface area contributed by atoms with E-state index in [0.717, 1.165) is 0 Å². The van der Waals surface area contributed by atoms with Crippen LogP contribution in [-0.4, -0.2) is 19.5 Å². The van der Waals surface area contributed by atoms with Gasteiger partial charge in [-0.2, -0.15) is 0 Å². The molecule has 0 radical (unpaired) electrons. The molecule has 0 aliphatic heterocycles. The zero-order valence-electron chi connectivity index (χ0n) is 13.7. The predicted octanol–water partition coefficient (Wildman–Crippen LogP) is 3.36. The summed E-state index contributed by atoms with van der Waals surface area (Å²) in [6, 6.07) is 32.0. The number of rotatable bonds is 6. The predicted molar refractivity (Wildman–Crippen MR) is 104 cm³/mol. The van der Waals surface area contributed by atoms with Crippen LogP contribution in [-0.2, 0) is 9.78 Å². The molecule has 0 aliphatic carbocycles. The van der Waals surface area contributed by atoms with Crippen molar-refractivity contribution < 1.29 is 9.78 Å². The molecule has 2 nitrogen and oxygen atoms in total. The maximum atomic E-state index is 5.23. The molecule has 0 atom stereocenters. The van der Waals surface area contributed by atoms with Gasteiger partial charge in [0.25, 0.3) is 0 Å². The van der Waals surface area contributed by atoms with Crippen molar-refractivity contribution in [2.45, 2.75) is 0 Å². The monoisotopic (exact) mass is 336 g/mol. The Kier molecular flexibility index (Phi) is 5.66. The first-order chi connectivity index (χ1) is 11.9. The van der Waals surface area contributed by atoms with Crippen LogP contribution in [0.2, 0.25) is 0 Å². The Morgan fingerprint density at radius 3 is 1.38 bits per heavy atom. The van der Waals surface area contributed by atoms with Crippen LogP contribution in [0.1, 0.15) is 0 Å². The highest BCUT2D eigenvalue weighted by Crippen LogP contribution is 2.43. The molecule has 0 aliphatic rings. The van der Waals surface area contributed by atoms with E-state index in [1.54, 1.807) is 7.11 Å². The maximum absolute atomic E-state index is 5.23. The van der Waals surface area contributed by atoms with Crippen LogP contribution in [0.3, 0.4) is 0 Å². The van der Waals surface area contributed by atoms with Gasteiger partial charge in [-0.1, -0.05) is 91.0 Å².